The highest BCUT2D eigenvalue weighted by Crippen LogP contribution is 2.41. The number of nitrogens with zero attached hydrogens (tertiary/aromatic N) is 4. The summed E-state index contributed by atoms with van der Waals surface area (Å²) < 4.78 is 5.66. The maximum absolute atomic E-state index is 13.0. The van der Waals surface area contributed by atoms with E-state index in [9.17, 15) is 4.79 Å². The van der Waals surface area contributed by atoms with E-state index >= 15 is 0 Å². The second-order valence-electron chi connectivity index (χ2n) is 9.58. The molecule has 0 saturated carbocycles. The molecule has 1 aromatic carbocycles. The van der Waals surface area contributed by atoms with Gasteiger partial charge in [0.1, 0.15) is 22.2 Å². The third kappa shape index (κ3) is 4.94. The van der Waals surface area contributed by atoms with Gasteiger partial charge in [0.2, 0.25) is 0 Å². The number of hydrogen-bond acceptors (Lipinski definition) is 6. The average Bonchev–Trinajstić information content (AvgIpc) is 3.22. The molecule has 5 rings (SSSR count). The van der Waals surface area contributed by atoms with Crippen molar-refractivity contribution in [3.05, 3.63) is 40.5 Å². The number of carbonyl (C=O) groups excluding carboxylic acids is 1. The Hall–Kier alpha value is -2.87. The summed E-state index contributed by atoms with van der Waals surface area (Å²) in [4.78, 5) is 29.9. The lowest BCUT2D eigenvalue weighted by molar-refractivity contribution is 0.208. The van der Waals surface area contributed by atoms with E-state index in [1.54, 1.807) is 0 Å². The second-order valence-corrected chi connectivity index (χ2v) is 10.7. The largest absolute Gasteiger partial charge is 0.492 e. The first-order chi connectivity index (χ1) is 17.1. The summed E-state index contributed by atoms with van der Waals surface area (Å²) in [7, 11) is 0. The van der Waals surface area contributed by atoms with Crippen LogP contribution in [0.1, 0.15) is 49.9 Å². The monoisotopic (exact) mass is 493 g/mol. The molecule has 0 unspecified atom stereocenters. The molecule has 1 N–H and O–H groups in total. The van der Waals surface area contributed by atoms with Gasteiger partial charge in [-0.2, -0.15) is 0 Å². The fourth-order valence-corrected chi connectivity index (χ4v) is 6.49. The van der Waals surface area contributed by atoms with E-state index in [0.717, 1.165) is 61.2 Å². The maximum Gasteiger partial charge on any atom is 0.322 e. The Morgan fingerprint density at radius 3 is 2.74 bits per heavy atom. The summed E-state index contributed by atoms with van der Waals surface area (Å²) in [5, 5.41) is 4.30. The van der Waals surface area contributed by atoms with Gasteiger partial charge >= 0.3 is 6.03 Å². The normalized spacial score (nSPS) is 18.0. The van der Waals surface area contributed by atoms with Gasteiger partial charge < -0.3 is 19.9 Å². The molecule has 1 aliphatic carbocycles. The number of carbonyl (C=O) groups is 1. The van der Waals surface area contributed by atoms with E-state index in [4.69, 9.17) is 14.7 Å². The summed E-state index contributed by atoms with van der Waals surface area (Å²) in [5.74, 6) is 3.45. The molecular formula is C27H35N5O2S. The zero-order valence-electron chi connectivity index (χ0n) is 21.0. The molecule has 3 aromatic rings. The van der Waals surface area contributed by atoms with E-state index in [1.165, 1.54) is 22.2 Å². The molecule has 8 heteroatoms. The Bertz CT molecular complexity index is 1200. The number of thiophene rings is 1. The number of rotatable bonds is 6. The molecule has 0 spiro atoms. The van der Waals surface area contributed by atoms with Crippen LogP contribution in [0.2, 0.25) is 0 Å². The third-order valence-electron chi connectivity index (χ3n) is 6.95. The molecule has 1 fully saturated rings. The Kier molecular flexibility index (Phi) is 7.09. The van der Waals surface area contributed by atoms with E-state index in [-0.39, 0.29) is 6.03 Å². The van der Waals surface area contributed by atoms with Gasteiger partial charge in [0, 0.05) is 37.5 Å². The topological polar surface area (TPSA) is 70.6 Å². The lowest BCUT2D eigenvalue weighted by Crippen LogP contribution is -2.50. The number of para-hydroxylation sites is 2. The second kappa shape index (κ2) is 10.4. The van der Waals surface area contributed by atoms with Crippen LogP contribution in [-0.2, 0) is 19.3 Å². The van der Waals surface area contributed by atoms with Crippen molar-refractivity contribution >= 4 is 39.1 Å². The zero-order chi connectivity index (χ0) is 24.4. The Morgan fingerprint density at radius 1 is 1.17 bits per heavy atom. The summed E-state index contributed by atoms with van der Waals surface area (Å²) in [5.41, 5.74) is 2.18. The standard InChI is InChI=1S/C27H35N5O2S/c1-4-8-23-29-25(24-19-12-11-18(3)17-22(19)35-26(24)30-23)31-13-15-32(16-14-31)27(33)28-20-9-6-7-10-21(20)34-5-2/h6-7,9-10,18H,4-5,8,11-17H2,1-3H3,(H,28,33)/t18-/m0/s1. The van der Waals surface area contributed by atoms with Gasteiger partial charge in [-0.15, -0.1) is 11.3 Å². The number of benzene rings is 1. The summed E-state index contributed by atoms with van der Waals surface area (Å²) in [6.45, 7) is 9.86. The van der Waals surface area contributed by atoms with Gasteiger partial charge in [-0.1, -0.05) is 26.0 Å². The van der Waals surface area contributed by atoms with Crippen LogP contribution < -0.4 is 15.0 Å². The summed E-state index contributed by atoms with van der Waals surface area (Å²) in [6, 6.07) is 7.50. The SMILES string of the molecule is CCCc1nc(N2CCN(C(=O)Nc3ccccc3OCC)CC2)c2c3c(sc2n1)C[C@@H](C)CC3. The van der Waals surface area contributed by atoms with Crippen LogP contribution in [0.4, 0.5) is 16.3 Å². The van der Waals surface area contributed by atoms with Crippen molar-refractivity contribution in [1.82, 2.24) is 14.9 Å². The van der Waals surface area contributed by atoms with Crippen molar-refractivity contribution in [2.24, 2.45) is 5.92 Å². The van der Waals surface area contributed by atoms with Crippen molar-refractivity contribution in [3.8, 4) is 5.75 Å². The summed E-state index contributed by atoms with van der Waals surface area (Å²) >= 11 is 1.87. The Balaban J connectivity index is 1.35. The number of fused-ring (bicyclic) bond motifs is 3. The number of aromatic nitrogens is 2. The zero-order valence-corrected chi connectivity index (χ0v) is 21.8. The third-order valence-corrected chi connectivity index (χ3v) is 8.10. The quantitative estimate of drug-likeness (QED) is 0.490. The van der Waals surface area contributed by atoms with E-state index < -0.39 is 0 Å². The molecule has 2 amide bonds. The number of nitrogens with one attached hydrogen (secondary N) is 1. The molecule has 7 nitrogen and oxygen atoms in total. The molecule has 2 aliphatic rings. The van der Waals surface area contributed by atoms with Crippen molar-refractivity contribution in [2.45, 2.75) is 52.9 Å². The van der Waals surface area contributed by atoms with Crippen LogP contribution >= 0.6 is 11.3 Å². The minimum Gasteiger partial charge on any atom is -0.492 e. The maximum atomic E-state index is 13.0. The number of anilines is 2. The van der Waals surface area contributed by atoms with E-state index in [0.29, 0.717) is 31.1 Å². The van der Waals surface area contributed by atoms with Crippen LogP contribution in [0.3, 0.4) is 0 Å². The van der Waals surface area contributed by atoms with Crippen molar-refractivity contribution in [3.63, 3.8) is 0 Å². The first kappa shape index (κ1) is 23.9. The number of urea groups is 1. The van der Waals surface area contributed by atoms with Gasteiger partial charge in [-0.25, -0.2) is 14.8 Å². The molecule has 3 heterocycles. The predicted octanol–water partition coefficient (Wildman–Crippen LogP) is 5.52. The van der Waals surface area contributed by atoms with Gasteiger partial charge in [0.25, 0.3) is 0 Å². The molecule has 0 radical (unpaired) electrons. The molecule has 1 atom stereocenters. The first-order valence-electron chi connectivity index (χ1n) is 12.9. The molecule has 186 valence electrons. The summed E-state index contributed by atoms with van der Waals surface area (Å²) in [6.07, 6.45) is 5.41. The Labute approximate surface area is 211 Å². The number of hydrogen-bond donors (Lipinski definition) is 1. The van der Waals surface area contributed by atoms with Gasteiger partial charge in [-0.3, -0.25) is 0 Å². The molecule has 1 aliphatic heterocycles. The average molecular weight is 494 g/mol. The molecule has 2 aromatic heterocycles. The van der Waals surface area contributed by atoms with Crippen LogP contribution in [0.15, 0.2) is 24.3 Å². The Morgan fingerprint density at radius 2 is 1.97 bits per heavy atom. The van der Waals surface area contributed by atoms with Crippen LogP contribution in [-0.4, -0.2) is 53.7 Å². The highest BCUT2D eigenvalue weighted by Gasteiger charge is 2.28. The first-order valence-corrected chi connectivity index (χ1v) is 13.7. The van der Waals surface area contributed by atoms with Gasteiger partial charge in [0.15, 0.2) is 0 Å². The van der Waals surface area contributed by atoms with E-state index in [2.05, 4.69) is 24.1 Å². The number of piperazine rings is 1. The molecule has 1 saturated heterocycles. The van der Waals surface area contributed by atoms with Crippen LogP contribution in [0.25, 0.3) is 10.2 Å². The molecule has 0 bridgehead atoms. The van der Waals surface area contributed by atoms with Crippen molar-refractivity contribution in [1.29, 1.82) is 0 Å². The predicted molar refractivity (Wildman–Crippen MR) is 143 cm³/mol. The van der Waals surface area contributed by atoms with E-state index in [1.807, 2.05) is 47.4 Å². The minimum absolute atomic E-state index is 0.0850. The number of amides is 2. The van der Waals surface area contributed by atoms with Crippen LogP contribution in [0, 0.1) is 5.92 Å². The lowest BCUT2D eigenvalue weighted by Gasteiger charge is -2.36. The molecular weight excluding hydrogens is 458 g/mol. The number of aryl methyl sites for hydroxylation is 2. The smallest absolute Gasteiger partial charge is 0.322 e. The fourth-order valence-electron chi connectivity index (χ4n) is 5.10. The minimum atomic E-state index is -0.0850. The van der Waals surface area contributed by atoms with Gasteiger partial charge in [-0.05, 0) is 56.2 Å². The van der Waals surface area contributed by atoms with Gasteiger partial charge in [0.05, 0.1) is 17.7 Å². The van der Waals surface area contributed by atoms with Crippen LogP contribution in [0.5, 0.6) is 5.75 Å². The highest BCUT2D eigenvalue weighted by atomic mass is 32.1. The highest BCUT2D eigenvalue weighted by molar-refractivity contribution is 7.19. The molecule has 35 heavy (non-hydrogen) atoms. The van der Waals surface area contributed by atoms with Crippen molar-refractivity contribution in [2.75, 3.05) is 43.0 Å². The lowest BCUT2D eigenvalue weighted by atomic mass is 9.89. The van der Waals surface area contributed by atoms with Crippen molar-refractivity contribution < 1.29 is 9.53 Å². The number of ether oxygens (including phenoxy) is 1. The fraction of sp³-hybridized carbons (Fsp3) is 0.519.